The van der Waals surface area contributed by atoms with E-state index in [4.69, 9.17) is 18.9 Å². The Bertz CT molecular complexity index is 389. The van der Waals surface area contributed by atoms with Crippen molar-refractivity contribution in [3.05, 3.63) is 0 Å². The van der Waals surface area contributed by atoms with Crippen LogP contribution in [-0.2, 0) is 18.9 Å². The van der Waals surface area contributed by atoms with E-state index in [9.17, 15) is 0 Å². The molecule has 0 amide bonds. The van der Waals surface area contributed by atoms with Crippen molar-refractivity contribution in [3.8, 4) is 0 Å². The van der Waals surface area contributed by atoms with Gasteiger partial charge in [0.1, 0.15) is 0 Å². The van der Waals surface area contributed by atoms with Crippen LogP contribution in [-0.4, -0.2) is 42.9 Å². The van der Waals surface area contributed by atoms with Gasteiger partial charge >= 0.3 is 0 Å². The van der Waals surface area contributed by atoms with Gasteiger partial charge in [0.05, 0.1) is 36.6 Å². The highest BCUT2D eigenvalue weighted by molar-refractivity contribution is 5.04. The molecule has 0 radical (unpaired) electrons. The van der Waals surface area contributed by atoms with E-state index in [1.165, 1.54) is 25.7 Å². The Morgan fingerprint density at radius 2 is 1.32 bits per heavy atom. The first-order chi connectivity index (χ1) is 10.5. The van der Waals surface area contributed by atoms with Gasteiger partial charge in [0.2, 0.25) is 0 Å². The molecule has 0 spiro atoms. The molecule has 4 nitrogen and oxygen atoms in total. The van der Waals surface area contributed by atoms with Crippen molar-refractivity contribution in [1.82, 2.24) is 0 Å². The van der Waals surface area contributed by atoms with Crippen LogP contribution in [0.2, 0.25) is 0 Å². The predicted molar refractivity (Wildman–Crippen MR) is 82.6 cm³/mol. The SMILES string of the molecule is CC(OCC1CCC2OC2(C)C1)OCC1CCC2OC2(C)C1. The number of fused-ring (bicyclic) bond motifs is 2. The Labute approximate surface area is 133 Å². The van der Waals surface area contributed by atoms with Crippen LogP contribution in [0.25, 0.3) is 0 Å². The first kappa shape index (κ1) is 15.4. The maximum Gasteiger partial charge on any atom is 0.154 e. The summed E-state index contributed by atoms with van der Waals surface area (Å²) in [6.07, 6.45) is 8.09. The normalized spacial score (nSPS) is 50.9. The van der Waals surface area contributed by atoms with Gasteiger partial charge in [0.15, 0.2) is 6.29 Å². The van der Waals surface area contributed by atoms with E-state index in [1.54, 1.807) is 0 Å². The van der Waals surface area contributed by atoms with Gasteiger partial charge in [-0.25, -0.2) is 0 Å². The fraction of sp³-hybridized carbons (Fsp3) is 1.00. The van der Waals surface area contributed by atoms with Crippen molar-refractivity contribution < 1.29 is 18.9 Å². The van der Waals surface area contributed by atoms with Crippen LogP contribution in [0.3, 0.4) is 0 Å². The minimum absolute atomic E-state index is 0.101. The molecular weight excluding hydrogens is 280 g/mol. The van der Waals surface area contributed by atoms with Crippen molar-refractivity contribution >= 4 is 0 Å². The van der Waals surface area contributed by atoms with E-state index in [-0.39, 0.29) is 17.5 Å². The first-order valence-electron chi connectivity index (χ1n) is 9.06. The molecular formula is C18H30O4. The van der Waals surface area contributed by atoms with Crippen LogP contribution >= 0.6 is 0 Å². The molecule has 4 heteroatoms. The predicted octanol–water partition coefficient (Wildman–Crippen LogP) is 3.28. The monoisotopic (exact) mass is 310 g/mol. The smallest absolute Gasteiger partial charge is 0.154 e. The minimum Gasteiger partial charge on any atom is -0.366 e. The minimum atomic E-state index is -0.101. The fourth-order valence-corrected chi connectivity index (χ4v) is 4.67. The van der Waals surface area contributed by atoms with Gasteiger partial charge in [-0.2, -0.15) is 0 Å². The Hall–Kier alpha value is -0.160. The van der Waals surface area contributed by atoms with Gasteiger partial charge in [-0.15, -0.1) is 0 Å². The van der Waals surface area contributed by atoms with E-state index < -0.39 is 0 Å². The summed E-state index contributed by atoms with van der Waals surface area (Å²) in [5.74, 6) is 1.26. The number of hydrogen-bond acceptors (Lipinski definition) is 4. The van der Waals surface area contributed by atoms with E-state index in [1.807, 2.05) is 6.92 Å². The van der Waals surface area contributed by atoms with Gasteiger partial charge < -0.3 is 18.9 Å². The molecule has 126 valence electrons. The molecule has 2 saturated heterocycles. The Kier molecular flexibility index (Phi) is 3.80. The first-order valence-corrected chi connectivity index (χ1v) is 9.06. The largest absolute Gasteiger partial charge is 0.366 e. The number of rotatable bonds is 6. The van der Waals surface area contributed by atoms with Gasteiger partial charge in [-0.05, 0) is 71.1 Å². The van der Waals surface area contributed by atoms with Gasteiger partial charge in [-0.3, -0.25) is 0 Å². The van der Waals surface area contributed by atoms with Crippen LogP contribution in [0.4, 0.5) is 0 Å². The molecule has 2 heterocycles. The van der Waals surface area contributed by atoms with Crippen LogP contribution in [0.5, 0.6) is 0 Å². The van der Waals surface area contributed by atoms with Crippen LogP contribution in [0.15, 0.2) is 0 Å². The Morgan fingerprint density at radius 1 is 0.864 bits per heavy atom. The molecule has 2 aliphatic heterocycles. The Balaban J connectivity index is 1.14. The fourth-order valence-electron chi connectivity index (χ4n) is 4.67. The van der Waals surface area contributed by atoms with Crippen molar-refractivity contribution in [3.63, 3.8) is 0 Å². The molecule has 2 aliphatic carbocycles. The van der Waals surface area contributed by atoms with E-state index in [0.717, 1.165) is 26.1 Å². The summed E-state index contributed by atoms with van der Waals surface area (Å²) >= 11 is 0. The zero-order valence-electron chi connectivity index (χ0n) is 14.2. The topological polar surface area (TPSA) is 43.5 Å². The lowest BCUT2D eigenvalue weighted by Crippen LogP contribution is -2.29. The maximum atomic E-state index is 5.94. The second-order valence-corrected chi connectivity index (χ2v) is 8.37. The van der Waals surface area contributed by atoms with Crippen molar-refractivity contribution in [2.24, 2.45) is 11.8 Å². The lowest BCUT2D eigenvalue weighted by molar-refractivity contribution is -0.149. The molecule has 0 N–H and O–H groups in total. The number of epoxide rings is 2. The summed E-state index contributed by atoms with van der Waals surface area (Å²) in [5.41, 5.74) is 0.323. The summed E-state index contributed by atoms with van der Waals surface area (Å²) in [6, 6.07) is 0. The van der Waals surface area contributed by atoms with Crippen LogP contribution in [0.1, 0.15) is 59.3 Å². The average Bonchev–Trinajstić information content (AvgIpc) is 3.34. The lowest BCUT2D eigenvalue weighted by Gasteiger charge is -2.27. The summed E-state index contributed by atoms with van der Waals surface area (Å²) in [6.45, 7) is 8.12. The lowest BCUT2D eigenvalue weighted by atomic mass is 9.83. The Morgan fingerprint density at radius 3 is 1.73 bits per heavy atom. The molecule has 4 fully saturated rings. The summed E-state index contributed by atoms with van der Waals surface area (Å²) in [4.78, 5) is 0. The van der Waals surface area contributed by atoms with Gasteiger partial charge in [0, 0.05) is 0 Å². The molecule has 0 aromatic carbocycles. The van der Waals surface area contributed by atoms with Gasteiger partial charge in [0.25, 0.3) is 0 Å². The van der Waals surface area contributed by atoms with Crippen LogP contribution in [0, 0.1) is 11.8 Å². The molecule has 4 rings (SSSR count). The highest BCUT2D eigenvalue weighted by atomic mass is 16.7. The van der Waals surface area contributed by atoms with E-state index in [2.05, 4.69) is 13.8 Å². The van der Waals surface area contributed by atoms with E-state index in [0.29, 0.717) is 24.0 Å². The second kappa shape index (κ2) is 5.44. The second-order valence-electron chi connectivity index (χ2n) is 8.37. The quantitative estimate of drug-likeness (QED) is 0.558. The van der Waals surface area contributed by atoms with E-state index >= 15 is 0 Å². The number of hydrogen-bond donors (Lipinski definition) is 0. The molecule has 22 heavy (non-hydrogen) atoms. The molecule has 0 aromatic rings. The molecule has 0 aromatic heterocycles. The molecule has 0 bridgehead atoms. The zero-order valence-corrected chi connectivity index (χ0v) is 14.2. The molecule has 2 saturated carbocycles. The maximum absolute atomic E-state index is 5.94. The molecule has 6 unspecified atom stereocenters. The number of ether oxygens (including phenoxy) is 4. The molecule has 6 atom stereocenters. The third-order valence-electron chi connectivity index (χ3n) is 6.27. The highest BCUT2D eigenvalue weighted by Gasteiger charge is 2.56. The van der Waals surface area contributed by atoms with Crippen molar-refractivity contribution in [1.29, 1.82) is 0 Å². The van der Waals surface area contributed by atoms with Gasteiger partial charge in [-0.1, -0.05) is 0 Å². The third kappa shape index (κ3) is 3.08. The highest BCUT2D eigenvalue weighted by Crippen LogP contribution is 2.50. The third-order valence-corrected chi connectivity index (χ3v) is 6.27. The van der Waals surface area contributed by atoms with Crippen molar-refractivity contribution in [2.75, 3.05) is 13.2 Å². The summed E-state index contributed by atoms with van der Waals surface area (Å²) in [5, 5.41) is 0. The standard InChI is InChI=1S/C18H30O4/c1-12(19-10-13-4-6-15-17(2,8-13)21-15)20-11-14-5-7-16-18(3,9-14)22-16/h12-16H,4-11H2,1-3H3. The summed E-state index contributed by atoms with van der Waals surface area (Å²) in [7, 11) is 0. The van der Waals surface area contributed by atoms with Crippen LogP contribution < -0.4 is 0 Å². The van der Waals surface area contributed by atoms with Crippen molar-refractivity contribution in [2.45, 2.75) is 89.0 Å². The summed E-state index contributed by atoms with van der Waals surface area (Å²) < 4.78 is 23.4. The average molecular weight is 310 g/mol. The zero-order chi connectivity index (χ0) is 15.4. The molecule has 4 aliphatic rings.